The van der Waals surface area contributed by atoms with E-state index in [2.05, 4.69) is 4.98 Å². The zero-order valence-corrected chi connectivity index (χ0v) is 16.5. The second-order valence-electron chi connectivity index (χ2n) is 5.78. The molecule has 144 valence electrons. The monoisotopic (exact) mass is 409 g/mol. The van der Waals surface area contributed by atoms with Crippen molar-refractivity contribution in [2.45, 2.75) is 35.7 Å². The van der Waals surface area contributed by atoms with Crippen molar-refractivity contribution < 1.29 is 22.4 Å². The van der Waals surface area contributed by atoms with Crippen molar-refractivity contribution >= 4 is 38.8 Å². The predicted octanol–water partition coefficient (Wildman–Crippen LogP) is 2.77. The number of carbonyl (C=O) groups excluding carboxylic acids is 1. The summed E-state index contributed by atoms with van der Waals surface area (Å²) in [7, 11) is -2.48. The van der Waals surface area contributed by atoms with Gasteiger partial charge in [-0.3, -0.25) is 0 Å². The molecule has 0 saturated heterocycles. The first-order valence-corrected chi connectivity index (χ1v) is 10.7. The number of furan rings is 1. The molecule has 0 aliphatic heterocycles. The van der Waals surface area contributed by atoms with E-state index in [4.69, 9.17) is 14.3 Å². The minimum atomic E-state index is -3.80. The lowest BCUT2D eigenvalue weighted by atomic mass is 10.3. The van der Waals surface area contributed by atoms with Gasteiger partial charge in [0, 0.05) is 6.54 Å². The number of methoxy groups -OCH3 is 1. The van der Waals surface area contributed by atoms with Gasteiger partial charge in [0.2, 0.25) is 10.0 Å². The molecule has 2 heterocycles. The molecule has 0 radical (unpaired) electrons. The summed E-state index contributed by atoms with van der Waals surface area (Å²) in [4.78, 5) is 16.3. The lowest BCUT2D eigenvalue weighted by Crippen LogP contribution is -2.11. The summed E-state index contributed by atoms with van der Waals surface area (Å²) in [5, 5.41) is 5.91. The standard InChI is InChI=1S/C17H19N3O5S2/c1-3-7-20-14-5-4-11(27(18,22)23)9-13(14)19-17(20)26-10-15-12(6-8-25-15)16(21)24-2/h4-6,8-9H,3,7,10H2,1-2H3,(H2,18,22,23). The zero-order valence-electron chi connectivity index (χ0n) is 14.8. The lowest BCUT2D eigenvalue weighted by molar-refractivity contribution is 0.0598. The van der Waals surface area contributed by atoms with Crippen LogP contribution in [0.25, 0.3) is 11.0 Å². The fourth-order valence-corrected chi connectivity index (χ4v) is 4.21. The third-order valence-corrected chi connectivity index (χ3v) is 5.83. The van der Waals surface area contributed by atoms with Crippen LogP contribution in [0, 0.1) is 0 Å². The van der Waals surface area contributed by atoms with Crippen molar-refractivity contribution in [2.75, 3.05) is 7.11 Å². The van der Waals surface area contributed by atoms with Gasteiger partial charge >= 0.3 is 5.97 Å². The first-order chi connectivity index (χ1) is 12.8. The Morgan fingerprint density at radius 2 is 2.15 bits per heavy atom. The fraction of sp³-hybridized carbons (Fsp3) is 0.294. The molecule has 0 aliphatic rings. The summed E-state index contributed by atoms with van der Waals surface area (Å²) in [6.45, 7) is 2.76. The smallest absolute Gasteiger partial charge is 0.341 e. The maximum absolute atomic E-state index is 11.8. The van der Waals surface area contributed by atoms with E-state index in [9.17, 15) is 13.2 Å². The van der Waals surface area contributed by atoms with E-state index < -0.39 is 16.0 Å². The molecule has 0 unspecified atom stereocenters. The summed E-state index contributed by atoms with van der Waals surface area (Å²) in [5.74, 6) is 0.415. The molecule has 0 atom stereocenters. The van der Waals surface area contributed by atoms with Crippen LogP contribution < -0.4 is 5.14 Å². The van der Waals surface area contributed by atoms with Crippen LogP contribution in [0.3, 0.4) is 0 Å². The van der Waals surface area contributed by atoms with Gasteiger partial charge in [0.25, 0.3) is 0 Å². The fourth-order valence-electron chi connectivity index (χ4n) is 2.69. The summed E-state index contributed by atoms with van der Waals surface area (Å²) < 4.78 is 35.3. The van der Waals surface area contributed by atoms with E-state index in [0.29, 0.717) is 27.7 Å². The molecule has 0 amide bonds. The number of hydrogen-bond acceptors (Lipinski definition) is 7. The van der Waals surface area contributed by atoms with Crippen molar-refractivity contribution in [3.8, 4) is 0 Å². The van der Waals surface area contributed by atoms with Crippen molar-refractivity contribution in [1.82, 2.24) is 9.55 Å². The molecule has 10 heteroatoms. The maximum atomic E-state index is 11.8. The highest BCUT2D eigenvalue weighted by Crippen LogP contribution is 2.29. The Balaban J connectivity index is 1.95. The molecular weight excluding hydrogens is 390 g/mol. The molecule has 0 fully saturated rings. The highest BCUT2D eigenvalue weighted by atomic mass is 32.2. The number of aryl methyl sites for hydroxylation is 1. The van der Waals surface area contributed by atoms with E-state index in [1.807, 2.05) is 11.5 Å². The normalized spacial score (nSPS) is 11.8. The highest BCUT2D eigenvalue weighted by molar-refractivity contribution is 7.98. The number of thioether (sulfide) groups is 1. The number of esters is 1. The van der Waals surface area contributed by atoms with Crippen LogP contribution in [0.2, 0.25) is 0 Å². The average molecular weight is 409 g/mol. The molecule has 3 rings (SSSR count). The number of aromatic nitrogens is 2. The first-order valence-electron chi connectivity index (χ1n) is 8.15. The van der Waals surface area contributed by atoms with Crippen molar-refractivity contribution in [1.29, 1.82) is 0 Å². The minimum Gasteiger partial charge on any atom is -0.468 e. The molecule has 0 bridgehead atoms. The number of hydrogen-bond donors (Lipinski definition) is 1. The Morgan fingerprint density at radius 1 is 1.37 bits per heavy atom. The zero-order chi connectivity index (χ0) is 19.6. The first kappa shape index (κ1) is 19.5. The summed E-state index contributed by atoms with van der Waals surface area (Å²) in [6, 6.07) is 6.21. The SMILES string of the molecule is CCCn1c(SCc2occc2C(=O)OC)nc2cc(S(N)(=O)=O)ccc21. The second kappa shape index (κ2) is 7.75. The number of fused-ring (bicyclic) bond motifs is 1. The average Bonchev–Trinajstić information content (AvgIpc) is 3.23. The number of benzene rings is 1. The van der Waals surface area contributed by atoms with Crippen LogP contribution in [-0.4, -0.2) is 31.0 Å². The van der Waals surface area contributed by atoms with Crippen LogP contribution >= 0.6 is 11.8 Å². The number of primary sulfonamides is 1. The predicted molar refractivity (Wildman–Crippen MR) is 101 cm³/mol. The van der Waals surface area contributed by atoms with E-state index in [1.54, 1.807) is 12.1 Å². The molecule has 2 aromatic heterocycles. The van der Waals surface area contributed by atoms with Gasteiger partial charge < -0.3 is 13.7 Å². The maximum Gasteiger partial charge on any atom is 0.341 e. The Bertz CT molecular complexity index is 1090. The Labute approximate surface area is 160 Å². The van der Waals surface area contributed by atoms with Gasteiger partial charge in [-0.25, -0.2) is 23.3 Å². The number of nitrogens with two attached hydrogens (primary N) is 1. The molecule has 2 N–H and O–H groups in total. The number of imidazole rings is 1. The number of carbonyl (C=O) groups is 1. The lowest BCUT2D eigenvalue weighted by Gasteiger charge is -2.07. The minimum absolute atomic E-state index is 0.0201. The molecule has 1 aromatic carbocycles. The molecule has 0 spiro atoms. The number of ether oxygens (including phenoxy) is 1. The van der Waals surface area contributed by atoms with Gasteiger partial charge in [-0.05, 0) is 30.7 Å². The largest absolute Gasteiger partial charge is 0.468 e. The van der Waals surface area contributed by atoms with Gasteiger partial charge in [0.05, 0.1) is 35.1 Å². The van der Waals surface area contributed by atoms with E-state index in [-0.39, 0.29) is 4.90 Å². The van der Waals surface area contributed by atoms with Crippen molar-refractivity contribution in [2.24, 2.45) is 5.14 Å². The topological polar surface area (TPSA) is 117 Å². The van der Waals surface area contributed by atoms with Gasteiger partial charge in [0.1, 0.15) is 11.3 Å². The van der Waals surface area contributed by atoms with Crippen molar-refractivity contribution in [3.05, 3.63) is 41.9 Å². The molecule has 0 saturated carbocycles. The molecule has 27 heavy (non-hydrogen) atoms. The van der Waals surface area contributed by atoms with Gasteiger partial charge in [-0.1, -0.05) is 18.7 Å². The van der Waals surface area contributed by atoms with Gasteiger partial charge in [-0.15, -0.1) is 0 Å². The number of nitrogens with zero attached hydrogens (tertiary/aromatic N) is 2. The van der Waals surface area contributed by atoms with Crippen LogP contribution in [0.15, 0.2) is 45.0 Å². The highest BCUT2D eigenvalue weighted by Gasteiger charge is 2.18. The number of sulfonamides is 1. The summed E-state index contributed by atoms with van der Waals surface area (Å²) in [5.41, 5.74) is 1.74. The van der Waals surface area contributed by atoms with Crippen LogP contribution in [0.5, 0.6) is 0 Å². The Hall–Kier alpha value is -2.30. The van der Waals surface area contributed by atoms with Gasteiger partial charge in [-0.2, -0.15) is 0 Å². The second-order valence-corrected chi connectivity index (χ2v) is 8.28. The van der Waals surface area contributed by atoms with Crippen molar-refractivity contribution in [3.63, 3.8) is 0 Å². The van der Waals surface area contributed by atoms with Crippen LogP contribution in [0.1, 0.15) is 29.5 Å². The summed E-state index contributed by atoms with van der Waals surface area (Å²) in [6.07, 6.45) is 2.32. The third kappa shape index (κ3) is 4.02. The molecular formula is C17H19N3O5S2. The quantitative estimate of drug-likeness (QED) is 0.471. The third-order valence-electron chi connectivity index (χ3n) is 3.94. The number of rotatable bonds is 7. The van der Waals surface area contributed by atoms with E-state index in [1.165, 1.54) is 37.3 Å². The molecule has 3 aromatic rings. The van der Waals surface area contributed by atoms with Crippen LogP contribution in [0.4, 0.5) is 0 Å². The Kier molecular flexibility index (Phi) is 5.59. The summed E-state index contributed by atoms with van der Waals surface area (Å²) >= 11 is 1.40. The molecule has 0 aliphatic carbocycles. The van der Waals surface area contributed by atoms with Gasteiger partial charge in [0.15, 0.2) is 5.16 Å². The van der Waals surface area contributed by atoms with E-state index in [0.717, 1.165) is 18.5 Å². The van der Waals surface area contributed by atoms with Crippen LogP contribution in [-0.2, 0) is 27.1 Å². The van der Waals surface area contributed by atoms with E-state index >= 15 is 0 Å². The molecule has 8 nitrogen and oxygen atoms in total. The Morgan fingerprint density at radius 3 is 2.81 bits per heavy atom.